The summed E-state index contributed by atoms with van der Waals surface area (Å²) in [5.74, 6) is 0. The molecule has 1 aromatic rings. The second kappa shape index (κ2) is 6.16. The van der Waals surface area contributed by atoms with Crippen LogP contribution in [0.2, 0.25) is 0 Å². The first-order valence-corrected chi connectivity index (χ1v) is 6.64. The van der Waals surface area contributed by atoms with Crippen LogP contribution < -0.4 is 0 Å². The number of ether oxygens (including phenoxy) is 1. The van der Waals surface area contributed by atoms with Crippen LogP contribution in [0.4, 0.5) is 0 Å². The van der Waals surface area contributed by atoms with Crippen molar-refractivity contribution in [3.63, 3.8) is 0 Å². The van der Waals surface area contributed by atoms with Crippen LogP contribution in [-0.4, -0.2) is 48.6 Å². The molecule has 0 aromatic carbocycles. The smallest absolute Gasteiger partial charge is 0.166 e. The van der Waals surface area contributed by atoms with Gasteiger partial charge in [0.2, 0.25) is 0 Å². The minimum atomic E-state index is 0.828. The number of carbonyl (C=O) groups is 1. The minimum absolute atomic E-state index is 0.828. The van der Waals surface area contributed by atoms with Gasteiger partial charge in [0.1, 0.15) is 0 Å². The largest absolute Gasteiger partial charge is 0.379 e. The maximum absolute atomic E-state index is 11.1. The summed E-state index contributed by atoms with van der Waals surface area (Å²) < 4.78 is 7.46. The van der Waals surface area contributed by atoms with Crippen molar-refractivity contribution in [2.45, 2.75) is 26.8 Å². The van der Waals surface area contributed by atoms with E-state index in [4.69, 9.17) is 4.74 Å². The highest BCUT2D eigenvalue weighted by atomic mass is 16.5. The topological polar surface area (TPSA) is 34.5 Å². The molecule has 2 heterocycles. The van der Waals surface area contributed by atoms with Gasteiger partial charge in [0, 0.05) is 31.9 Å². The van der Waals surface area contributed by atoms with Crippen molar-refractivity contribution in [1.82, 2.24) is 9.47 Å². The summed E-state index contributed by atoms with van der Waals surface area (Å²) in [5, 5.41) is 0. The Kier molecular flexibility index (Phi) is 4.55. The third-order valence-electron chi connectivity index (χ3n) is 3.62. The predicted octanol–water partition coefficient (Wildman–Crippen LogP) is 1.64. The van der Waals surface area contributed by atoms with Crippen LogP contribution in [0.25, 0.3) is 0 Å². The van der Waals surface area contributed by atoms with E-state index in [1.807, 2.05) is 6.92 Å². The van der Waals surface area contributed by atoms with Gasteiger partial charge in [-0.2, -0.15) is 0 Å². The van der Waals surface area contributed by atoms with Gasteiger partial charge in [-0.3, -0.25) is 9.69 Å². The Labute approximate surface area is 109 Å². The van der Waals surface area contributed by atoms with E-state index in [1.165, 1.54) is 5.69 Å². The molecule has 18 heavy (non-hydrogen) atoms. The number of morpholine rings is 1. The molecular formula is C14H22N2O2. The Bertz CT molecular complexity index is 406. The van der Waals surface area contributed by atoms with Gasteiger partial charge < -0.3 is 9.30 Å². The third-order valence-corrected chi connectivity index (χ3v) is 3.62. The first-order valence-electron chi connectivity index (χ1n) is 6.64. The van der Waals surface area contributed by atoms with E-state index in [1.54, 1.807) is 0 Å². The average molecular weight is 250 g/mol. The molecule has 100 valence electrons. The summed E-state index contributed by atoms with van der Waals surface area (Å²) in [6.07, 6.45) is 2.05. The van der Waals surface area contributed by atoms with E-state index < -0.39 is 0 Å². The molecule has 1 fully saturated rings. The van der Waals surface area contributed by atoms with E-state index in [0.29, 0.717) is 0 Å². The lowest BCUT2D eigenvalue weighted by Crippen LogP contribution is -2.37. The highest BCUT2D eigenvalue weighted by Gasteiger charge is 2.11. The first kappa shape index (κ1) is 13.3. The summed E-state index contributed by atoms with van der Waals surface area (Å²) in [7, 11) is 0. The molecule has 0 unspecified atom stereocenters. The van der Waals surface area contributed by atoms with Gasteiger partial charge >= 0.3 is 0 Å². The van der Waals surface area contributed by atoms with Crippen molar-refractivity contribution in [3.05, 3.63) is 23.0 Å². The summed E-state index contributed by atoms with van der Waals surface area (Å²) in [5.41, 5.74) is 3.08. The fourth-order valence-corrected chi connectivity index (χ4v) is 2.60. The molecule has 0 spiro atoms. The van der Waals surface area contributed by atoms with Gasteiger partial charge in [0.25, 0.3) is 0 Å². The quantitative estimate of drug-likeness (QED) is 0.745. The van der Waals surface area contributed by atoms with Gasteiger partial charge in [-0.1, -0.05) is 0 Å². The average Bonchev–Trinajstić information content (AvgIpc) is 2.65. The maximum Gasteiger partial charge on any atom is 0.166 e. The zero-order valence-corrected chi connectivity index (χ0v) is 11.3. The molecule has 1 aromatic heterocycles. The van der Waals surface area contributed by atoms with Crippen LogP contribution in [0.3, 0.4) is 0 Å². The molecule has 1 aliphatic heterocycles. The highest BCUT2D eigenvalue weighted by Crippen LogP contribution is 2.13. The molecule has 2 rings (SSSR count). The van der Waals surface area contributed by atoms with Gasteiger partial charge in [0.15, 0.2) is 6.29 Å². The van der Waals surface area contributed by atoms with Crippen molar-refractivity contribution < 1.29 is 9.53 Å². The molecule has 0 atom stereocenters. The first-order chi connectivity index (χ1) is 8.72. The van der Waals surface area contributed by atoms with E-state index in [2.05, 4.69) is 22.5 Å². The Morgan fingerprint density at radius 2 is 2.00 bits per heavy atom. The molecule has 4 heteroatoms. The van der Waals surface area contributed by atoms with E-state index in [9.17, 15) is 4.79 Å². The van der Waals surface area contributed by atoms with Crippen molar-refractivity contribution in [3.8, 4) is 0 Å². The second-order valence-electron chi connectivity index (χ2n) is 4.93. The number of hydrogen-bond acceptors (Lipinski definition) is 3. The van der Waals surface area contributed by atoms with Crippen LogP contribution in [-0.2, 0) is 11.3 Å². The van der Waals surface area contributed by atoms with Gasteiger partial charge in [-0.25, -0.2) is 0 Å². The Balaban J connectivity index is 1.87. The summed E-state index contributed by atoms with van der Waals surface area (Å²) in [6, 6.07) is 2.08. The van der Waals surface area contributed by atoms with E-state index in [-0.39, 0.29) is 0 Å². The number of aromatic nitrogens is 1. The van der Waals surface area contributed by atoms with Crippen LogP contribution in [0.5, 0.6) is 0 Å². The third kappa shape index (κ3) is 3.00. The number of hydrogen-bond donors (Lipinski definition) is 0. The summed E-state index contributed by atoms with van der Waals surface area (Å²) in [6.45, 7) is 9.82. The number of aldehydes is 1. The van der Waals surface area contributed by atoms with E-state index >= 15 is 0 Å². The minimum Gasteiger partial charge on any atom is -0.379 e. The molecule has 4 nitrogen and oxygen atoms in total. The maximum atomic E-state index is 11.1. The fourth-order valence-electron chi connectivity index (χ4n) is 2.60. The standard InChI is InChI=1S/C14H22N2O2/c1-12-10-13(2)16(14(12)11-17)5-3-4-15-6-8-18-9-7-15/h10-11H,3-9H2,1-2H3. The summed E-state index contributed by atoms with van der Waals surface area (Å²) in [4.78, 5) is 13.5. The lowest BCUT2D eigenvalue weighted by atomic mass is 10.3. The molecule has 0 N–H and O–H groups in total. The van der Waals surface area contributed by atoms with Crippen LogP contribution >= 0.6 is 0 Å². The van der Waals surface area contributed by atoms with Crippen LogP contribution in [0.1, 0.15) is 28.2 Å². The molecule has 0 bridgehead atoms. The van der Waals surface area contributed by atoms with Gasteiger partial charge in [0.05, 0.1) is 18.9 Å². The molecular weight excluding hydrogens is 228 g/mol. The number of nitrogens with zero attached hydrogens (tertiary/aromatic N) is 2. The lowest BCUT2D eigenvalue weighted by Gasteiger charge is -2.26. The second-order valence-corrected chi connectivity index (χ2v) is 4.93. The Hall–Kier alpha value is -1.13. The molecule has 1 aliphatic rings. The Morgan fingerprint density at radius 1 is 1.28 bits per heavy atom. The normalized spacial score (nSPS) is 17.0. The molecule has 0 radical (unpaired) electrons. The van der Waals surface area contributed by atoms with Crippen LogP contribution in [0.15, 0.2) is 6.07 Å². The number of aryl methyl sites for hydroxylation is 2. The number of carbonyl (C=O) groups excluding carboxylic acids is 1. The summed E-state index contributed by atoms with van der Waals surface area (Å²) >= 11 is 0. The Morgan fingerprint density at radius 3 is 2.67 bits per heavy atom. The molecule has 0 saturated carbocycles. The number of rotatable bonds is 5. The van der Waals surface area contributed by atoms with Crippen LogP contribution in [0, 0.1) is 13.8 Å². The molecule has 0 aliphatic carbocycles. The van der Waals surface area contributed by atoms with Crippen molar-refractivity contribution in [2.75, 3.05) is 32.8 Å². The SMILES string of the molecule is Cc1cc(C)n(CCCN2CCOCC2)c1C=O. The zero-order valence-electron chi connectivity index (χ0n) is 11.3. The zero-order chi connectivity index (χ0) is 13.0. The van der Waals surface area contributed by atoms with Crippen molar-refractivity contribution >= 4 is 6.29 Å². The van der Waals surface area contributed by atoms with Crippen molar-refractivity contribution in [1.29, 1.82) is 0 Å². The van der Waals surface area contributed by atoms with Gasteiger partial charge in [-0.15, -0.1) is 0 Å². The molecule has 1 saturated heterocycles. The monoisotopic (exact) mass is 250 g/mol. The predicted molar refractivity (Wildman–Crippen MR) is 71.2 cm³/mol. The fraction of sp³-hybridized carbons (Fsp3) is 0.643. The lowest BCUT2D eigenvalue weighted by molar-refractivity contribution is 0.0369. The van der Waals surface area contributed by atoms with Gasteiger partial charge in [-0.05, 0) is 31.9 Å². The highest BCUT2D eigenvalue weighted by molar-refractivity contribution is 5.75. The van der Waals surface area contributed by atoms with E-state index in [0.717, 1.165) is 63.4 Å². The van der Waals surface area contributed by atoms with Crippen molar-refractivity contribution in [2.24, 2.45) is 0 Å². The molecule has 0 amide bonds.